The predicted molar refractivity (Wildman–Crippen MR) is 65.7 cm³/mol. The molecule has 0 radical (unpaired) electrons. The molecule has 8 nitrogen and oxygen atoms in total. The first-order valence-electron chi connectivity index (χ1n) is 4.98. The second-order valence-corrected chi connectivity index (χ2v) is 4.13. The molecular weight excluding hydrogens is 298 g/mol. The molecule has 0 bridgehead atoms. The van der Waals surface area contributed by atoms with Gasteiger partial charge in [0, 0.05) is 5.38 Å². The molecule has 104 valence electrons. The SMILES string of the molecule is CCOC(=O)/C(=N\O)c1csc(=NC(=O)CCl)n1O. The van der Waals surface area contributed by atoms with E-state index < -0.39 is 17.6 Å². The highest BCUT2D eigenvalue weighted by atomic mass is 35.5. The molecule has 1 aromatic rings. The maximum Gasteiger partial charge on any atom is 0.362 e. The molecular formula is C9H10ClN3O5S. The Bertz CT molecular complexity index is 577. The lowest BCUT2D eigenvalue weighted by molar-refractivity contribution is -0.135. The zero-order valence-corrected chi connectivity index (χ0v) is 11.3. The monoisotopic (exact) mass is 307 g/mol. The Kier molecular flexibility index (Phi) is 5.52. The van der Waals surface area contributed by atoms with Crippen molar-refractivity contribution in [2.75, 3.05) is 12.5 Å². The van der Waals surface area contributed by atoms with Crippen LogP contribution < -0.4 is 4.80 Å². The summed E-state index contributed by atoms with van der Waals surface area (Å²) in [4.78, 5) is 25.9. The maximum atomic E-state index is 11.5. The lowest BCUT2D eigenvalue weighted by Crippen LogP contribution is -2.25. The summed E-state index contributed by atoms with van der Waals surface area (Å²) in [6.07, 6.45) is 0. The van der Waals surface area contributed by atoms with Crippen LogP contribution in [-0.2, 0) is 14.3 Å². The zero-order valence-electron chi connectivity index (χ0n) is 9.74. The van der Waals surface area contributed by atoms with Crippen LogP contribution in [-0.4, -0.2) is 45.2 Å². The van der Waals surface area contributed by atoms with Crippen molar-refractivity contribution in [3.8, 4) is 0 Å². The molecule has 1 aromatic heterocycles. The Balaban J connectivity index is 3.20. The van der Waals surface area contributed by atoms with Gasteiger partial charge in [0.1, 0.15) is 11.6 Å². The summed E-state index contributed by atoms with van der Waals surface area (Å²) >= 11 is 6.14. The van der Waals surface area contributed by atoms with E-state index in [9.17, 15) is 14.8 Å². The van der Waals surface area contributed by atoms with Crippen LogP contribution in [0.25, 0.3) is 0 Å². The number of ether oxygens (including phenoxy) is 1. The van der Waals surface area contributed by atoms with E-state index in [4.69, 9.17) is 16.8 Å². The van der Waals surface area contributed by atoms with Gasteiger partial charge in [0.15, 0.2) is 0 Å². The van der Waals surface area contributed by atoms with Crippen molar-refractivity contribution in [3.05, 3.63) is 15.9 Å². The zero-order chi connectivity index (χ0) is 14.4. The summed E-state index contributed by atoms with van der Waals surface area (Å²) in [7, 11) is 0. The molecule has 10 heteroatoms. The van der Waals surface area contributed by atoms with E-state index in [1.165, 1.54) is 5.38 Å². The van der Waals surface area contributed by atoms with Gasteiger partial charge in [0.05, 0.1) is 6.61 Å². The molecule has 1 rings (SSSR count). The van der Waals surface area contributed by atoms with Crippen molar-refractivity contribution in [2.24, 2.45) is 10.1 Å². The van der Waals surface area contributed by atoms with E-state index >= 15 is 0 Å². The first-order valence-corrected chi connectivity index (χ1v) is 6.39. The van der Waals surface area contributed by atoms with Crippen LogP contribution in [0.2, 0.25) is 0 Å². The number of amides is 1. The lowest BCUT2D eigenvalue weighted by atomic mass is 10.3. The van der Waals surface area contributed by atoms with Gasteiger partial charge < -0.3 is 15.2 Å². The van der Waals surface area contributed by atoms with Crippen molar-refractivity contribution in [1.82, 2.24) is 4.73 Å². The topological polar surface area (TPSA) is 113 Å². The average Bonchev–Trinajstić information content (AvgIpc) is 2.73. The Labute approximate surface area is 116 Å². The van der Waals surface area contributed by atoms with Crippen LogP contribution in [0.5, 0.6) is 0 Å². The minimum absolute atomic E-state index is 0.0788. The van der Waals surface area contributed by atoms with E-state index in [0.717, 1.165) is 11.3 Å². The number of rotatable bonds is 4. The van der Waals surface area contributed by atoms with E-state index in [1.807, 2.05) is 0 Å². The minimum atomic E-state index is -0.916. The van der Waals surface area contributed by atoms with Crippen molar-refractivity contribution < 1.29 is 24.7 Å². The van der Waals surface area contributed by atoms with Gasteiger partial charge in [-0.25, -0.2) is 4.79 Å². The Hall–Kier alpha value is -1.87. The van der Waals surface area contributed by atoms with Gasteiger partial charge >= 0.3 is 5.97 Å². The number of halogens is 1. The van der Waals surface area contributed by atoms with Crippen LogP contribution in [0.4, 0.5) is 0 Å². The van der Waals surface area contributed by atoms with Gasteiger partial charge in [-0.05, 0) is 6.92 Å². The summed E-state index contributed by atoms with van der Waals surface area (Å²) in [5.41, 5.74) is -0.646. The first kappa shape index (κ1) is 15.2. The largest absolute Gasteiger partial charge is 0.461 e. The highest BCUT2D eigenvalue weighted by Crippen LogP contribution is 2.04. The molecule has 0 saturated heterocycles. The summed E-state index contributed by atoms with van der Waals surface area (Å²) in [5, 5.41) is 22.6. The number of aromatic nitrogens is 1. The van der Waals surface area contributed by atoms with Crippen LogP contribution in [0, 0.1) is 0 Å². The second kappa shape index (κ2) is 6.90. The molecule has 0 saturated carbocycles. The fraction of sp³-hybridized carbons (Fsp3) is 0.333. The molecule has 0 aliphatic carbocycles. The fourth-order valence-corrected chi connectivity index (χ4v) is 1.91. The molecule has 1 amide bonds. The summed E-state index contributed by atoms with van der Waals surface area (Å²) < 4.78 is 5.09. The van der Waals surface area contributed by atoms with E-state index in [0.29, 0.717) is 4.73 Å². The second-order valence-electron chi connectivity index (χ2n) is 3.02. The summed E-state index contributed by atoms with van der Waals surface area (Å²) in [6, 6.07) is 0. The van der Waals surface area contributed by atoms with Crippen molar-refractivity contribution in [1.29, 1.82) is 0 Å². The third-order valence-electron chi connectivity index (χ3n) is 1.83. The molecule has 0 atom stereocenters. The molecule has 0 fully saturated rings. The highest BCUT2D eigenvalue weighted by molar-refractivity contribution is 7.07. The van der Waals surface area contributed by atoms with E-state index in [2.05, 4.69) is 14.9 Å². The number of hydrogen-bond donors (Lipinski definition) is 2. The molecule has 0 aromatic carbocycles. The van der Waals surface area contributed by atoms with Gasteiger partial charge in [-0.3, -0.25) is 4.79 Å². The van der Waals surface area contributed by atoms with Crippen molar-refractivity contribution in [2.45, 2.75) is 6.92 Å². The number of esters is 1. The summed E-state index contributed by atoms with van der Waals surface area (Å²) in [5.74, 6) is -1.91. The van der Waals surface area contributed by atoms with Crippen molar-refractivity contribution >= 4 is 40.5 Å². The van der Waals surface area contributed by atoms with E-state index in [-0.39, 0.29) is 23.0 Å². The van der Waals surface area contributed by atoms with Crippen LogP contribution in [0.15, 0.2) is 15.5 Å². The number of alkyl halides is 1. The lowest BCUT2D eigenvalue weighted by Gasteiger charge is -2.03. The summed E-state index contributed by atoms with van der Waals surface area (Å²) in [6.45, 7) is 1.66. The standard InChI is InChI=1S/C9H10ClN3O5S/c1-2-18-8(15)7(12-16)5-4-19-9(13(5)17)11-6(14)3-10/h4,16-17H,2-3H2,1H3/b11-9?,12-7-. The maximum absolute atomic E-state index is 11.5. The Morgan fingerprint density at radius 3 is 2.79 bits per heavy atom. The van der Waals surface area contributed by atoms with E-state index in [1.54, 1.807) is 6.92 Å². The first-order chi connectivity index (χ1) is 9.04. The minimum Gasteiger partial charge on any atom is -0.461 e. The molecule has 0 aliphatic rings. The third-order valence-corrected chi connectivity index (χ3v) is 2.88. The number of nitrogens with zero attached hydrogens (tertiary/aromatic N) is 3. The fourth-order valence-electron chi connectivity index (χ4n) is 1.07. The quantitative estimate of drug-likeness (QED) is 0.206. The molecule has 19 heavy (non-hydrogen) atoms. The molecule has 0 aliphatic heterocycles. The smallest absolute Gasteiger partial charge is 0.362 e. The van der Waals surface area contributed by atoms with Crippen LogP contribution >= 0.6 is 22.9 Å². The highest BCUT2D eigenvalue weighted by Gasteiger charge is 2.21. The van der Waals surface area contributed by atoms with Gasteiger partial charge in [-0.2, -0.15) is 9.72 Å². The molecule has 2 N–H and O–H groups in total. The normalized spacial score (nSPS) is 12.5. The third kappa shape index (κ3) is 3.55. The van der Waals surface area contributed by atoms with Gasteiger partial charge in [0.25, 0.3) is 5.91 Å². The average molecular weight is 308 g/mol. The van der Waals surface area contributed by atoms with Gasteiger partial charge in [-0.15, -0.1) is 22.9 Å². The van der Waals surface area contributed by atoms with Crippen LogP contribution in [0.1, 0.15) is 12.6 Å². The van der Waals surface area contributed by atoms with Gasteiger partial charge in [-0.1, -0.05) is 5.16 Å². The number of hydrogen-bond acceptors (Lipinski definition) is 7. The Morgan fingerprint density at radius 1 is 1.58 bits per heavy atom. The number of carbonyl (C=O) groups excluding carboxylic acids is 2. The number of oxime groups is 1. The molecule has 1 heterocycles. The molecule has 0 unspecified atom stereocenters. The number of carbonyl (C=O) groups is 2. The van der Waals surface area contributed by atoms with Crippen LogP contribution in [0.3, 0.4) is 0 Å². The van der Waals surface area contributed by atoms with Crippen molar-refractivity contribution in [3.63, 3.8) is 0 Å². The predicted octanol–water partition coefficient (Wildman–Crippen LogP) is 0.194. The number of thiazole rings is 1. The Morgan fingerprint density at radius 2 is 2.26 bits per heavy atom. The molecule has 0 spiro atoms. The van der Waals surface area contributed by atoms with Gasteiger partial charge in [0.2, 0.25) is 10.5 Å².